The Hall–Kier alpha value is -2.62. The summed E-state index contributed by atoms with van der Waals surface area (Å²) in [7, 11) is 0. The van der Waals surface area contributed by atoms with Gasteiger partial charge in [0.05, 0.1) is 6.04 Å². The van der Waals surface area contributed by atoms with Crippen molar-refractivity contribution in [2.75, 3.05) is 6.54 Å². The van der Waals surface area contributed by atoms with Crippen LogP contribution in [0.15, 0.2) is 60.7 Å². The molecule has 1 unspecified atom stereocenters. The Balaban J connectivity index is 1.87. The van der Waals surface area contributed by atoms with E-state index in [0.717, 1.165) is 11.1 Å². The lowest BCUT2D eigenvalue weighted by molar-refractivity contribution is -0.150. The van der Waals surface area contributed by atoms with Gasteiger partial charge in [-0.3, -0.25) is 9.59 Å². The van der Waals surface area contributed by atoms with Crippen LogP contribution in [0.5, 0.6) is 0 Å². The summed E-state index contributed by atoms with van der Waals surface area (Å²) in [6.07, 6.45) is 0.539. The minimum Gasteiger partial charge on any atom is -0.343 e. The van der Waals surface area contributed by atoms with Crippen molar-refractivity contribution in [2.45, 2.75) is 32.4 Å². The summed E-state index contributed by atoms with van der Waals surface area (Å²) in [5.41, 5.74) is 2.05. The molecule has 4 nitrogen and oxygen atoms in total. The third-order valence-corrected chi connectivity index (χ3v) is 4.68. The quantitative estimate of drug-likeness (QED) is 0.824. The summed E-state index contributed by atoms with van der Waals surface area (Å²) in [6.45, 7) is 4.63. The molecular weight excluding hydrogens is 312 g/mol. The molecule has 2 aromatic carbocycles. The topological polar surface area (TPSA) is 49.4 Å². The molecule has 0 aromatic heterocycles. The standard InChI is InChI=1S/C21H24N2O2/c1-15(2)20(23-14-13-18(23)24)21(25)22-19(16-9-5-3-6-10-16)17-11-7-4-8-12-17/h3-12,15,19-20H,13-14H2,1-2H3,(H,22,25). The molecule has 2 amide bonds. The zero-order chi connectivity index (χ0) is 17.8. The SMILES string of the molecule is CC(C)C(C(=O)NC(c1ccccc1)c1ccccc1)N1CCC1=O. The molecule has 2 aromatic rings. The fourth-order valence-corrected chi connectivity index (χ4v) is 3.31. The molecule has 1 aliphatic rings. The molecule has 25 heavy (non-hydrogen) atoms. The van der Waals surface area contributed by atoms with Crippen LogP contribution in [0.3, 0.4) is 0 Å². The van der Waals surface area contributed by atoms with E-state index in [9.17, 15) is 9.59 Å². The van der Waals surface area contributed by atoms with E-state index in [2.05, 4.69) is 5.32 Å². The Morgan fingerprint density at radius 1 is 0.960 bits per heavy atom. The average molecular weight is 336 g/mol. The molecule has 1 fully saturated rings. The summed E-state index contributed by atoms with van der Waals surface area (Å²) in [4.78, 5) is 26.6. The molecule has 4 heteroatoms. The van der Waals surface area contributed by atoms with Crippen LogP contribution in [-0.4, -0.2) is 29.3 Å². The Morgan fingerprint density at radius 2 is 1.48 bits per heavy atom. The number of hydrogen-bond acceptors (Lipinski definition) is 2. The molecule has 0 saturated carbocycles. The molecule has 0 spiro atoms. The van der Waals surface area contributed by atoms with Crippen LogP contribution >= 0.6 is 0 Å². The molecule has 1 aliphatic heterocycles. The predicted octanol–water partition coefficient (Wildman–Crippen LogP) is 3.15. The summed E-state index contributed by atoms with van der Waals surface area (Å²) in [6, 6.07) is 19.2. The van der Waals surface area contributed by atoms with Crippen LogP contribution in [0.2, 0.25) is 0 Å². The van der Waals surface area contributed by atoms with E-state index < -0.39 is 6.04 Å². The molecule has 3 rings (SSSR count). The van der Waals surface area contributed by atoms with Gasteiger partial charge in [0.25, 0.3) is 0 Å². The first kappa shape index (κ1) is 17.2. The number of carbonyl (C=O) groups is 2. The monoisotopic (exact) mass is 336 g/mol. The highest BCUT2D eigenvalue weighted by atomic mass is 16.2. The average Bonchev–Trinajstić information content (AvgIpc) is 2.63. The first-order valence-electron chi connectivity index (χ1n) is 8.77. The molecule has 0 aliphatic carbocycles. The molecule has 0 bridgehead atoms. The van der Waals surface area contributed by atoms with Crippen molar-refractivity contribution in [2.24, 2.45) is 5.92 Å². The van der Waals surface area contributed by atoms with E-state index in [0.29, 0.717) is 13.0 Å². The first-order chi connectivity index (χ1) is 12.1. The van der Waals surface area contributed by atoms with Gasteiger partial charge in [0.15, 0.2) is 0 Å². The number of likely N-dealkylation sites (tertiary alicyclic amines) is 1. The van der Waals surface area contributed by atoms with Gasteiger partial charge < -0.3 is 10.2 Å². The predicted molar refractivity (Wildman–Crippen MR) is 97.8 cm³/mol. The number of nitrogens with zero attached hydrogens (tertiary/aromatic N) is 1. The summed E-state index contributed by atoms with van der Waals surface area (Å²) in [5, 5.41) is 3.17. The minimum absolute atomic E-state index is 0.0600. The van der Waals surface area contributed by atoms with Crippen molar-refractivity contribution in [3.63, 3.8) is 0 Å². The van der Waals surface area contributed by atoms with Gasteiger partial charge in [-0.05, 0) is 17.0 Å². The minimum atomic E-state index is -0.420. The zero-order valence-electron chi connectivity index (χ0n) is 14.7. The van der Waals surface area contributed by atoms with E-state index in [-0.39, 0.29) is 23.8 Å². The van der Waals surface area contributed by atoms with Crippen molar-refractivity contribution >= 4 is 11.8 Å². The van der Waals surface area contributed by atoms with Crippen molar-refractivity contribution in [3.8, 4) is 0 Å². The first-order valence-corrected chi connectivity index (χ1v) is 8.77. The van der Waals surface area contributed by atoms with Gasteiger partial charge >= 0.3 is 0 Å². The number of carbonyl (C=O) groups excluding carboxylic acids is 2. The van der Waals surface area contributed by atoms with E-state index >= 15 is 0 Å². The van der Waals surface area contributed by atoms with E-state index in [4.69, 9.17) is 0 Å². The third kappa shape index (κ3) is 3.73. The highest BCUT2D eigenvalue weighted by Crippen LogP contribution is 2.25. The van der Waals surface area contributed by atoms with Gasteiger partial charge in [-0.1, -0.05) is 74.5 Å². The van der Waals surface area contributed by atoms with Gasteiger partial charge in [-0.25, -0.2) is 0 Å². The number of amides is 2. The maximum atomic E-state index is 13.0. The van der Waals surface area contributed by atoms with Crippen LogP contribution in [0.1, 0.15) is 37.4 Å². The lowest BCUT2D eigenvalue weighted by Crippen LogP contribution is -2.58. The van der Waals surface area contributed by atoms with Crippen molar-refractivity contribution in [3.05, 3.63) is 71.8 Å². The van der Waals surface area contributed by atoms with E-state index in [1.54, 1.807) is 4.90 Å². The molecule has 1 N–H and O–H groups in total. The molecule has 0 radical (unpaired) electrons. The molecule has 1 heterocycles. The highest BCUT2D eigenvalue weighted by Gasteiger charge is 2.38. The van der Waals surface area contributed by atoms with Gasteiger partial charge in [0, 0.05) is 13.0 Å². The smallest absolute Gasteiger partial charge is 0.243 e. The Kier molecular flexibility index (Phi) is 5.17. The van der Waals surface area contributed by atoms with Crippen LogP contribution in [0.4, 0.5) is 0 Å². The Bertz CT molecular complexity index is 689. The maximum absolute atomic E-state index is 13.0. The second-order valence-electron chi connectivity index (χ2n) is 6.79. The zero-order valence-corrected chi connectivity index (χ0v) is 14.7. The molecular formula is C21H24N2O2. The van der Waals surface area contributed by atoms with Crippen LogP contribution < -0.4 is 5.32 Å². The second-order valence-corrected chi connectivity index (χ2v) is 6.79. The van der Waals surface area contributed by atoms with Gasteiger partial charge in [-0.15, -0.1) is 0 Å². The third-order valence-electron chi connectivity index (χ3n) is 4.68. The van der Waals surface area contributed by atoms with Crippen LogP contribution in [0.25, 0.3) is 0 Å². The van der Waals surface area contributed by atoms with Crippen molar-refractivity contribution in [1.29, 1.82) is 0 Å². The molecule has 1 atom stereocenters. The number of β-lactam (4-membered cyclic amide) rings is 1. The number of rotatable bonds is 6. The number of hydrogen-bond donors (Lipinski definition) is 1. The van der Waals surface area contributed by atoms with E-state index in [1.807, 2.05) is 74.5 Å². The number of nitrogens with one attached hydrogen (secondary N) is 1. The van der Waals surface area contributed by atoms with E-state index in [1.165, 1.54) is 0 Å². The normalized spacial score (nSPS) is 15.2. The van der Waals surface area contributed by atoms with Crippen LogP contribution in [0, 0.1) is 5.92 Å². The maximum Gasteiger partial charge on any atom is 0.243 e. The van der Waals surface area contributed by atoms with Gasteiger partial charge in [0.1, 0.15) is 6.04 Å². The lowest BCUT2D eigenvalue weighted by Gasteiger charge is -2.40. The largest absolute Gasteiger partial charge is 0.343 e. The van der Waals surface area contributed by atoms with Crippen LogP contribution in [-0.2, 0) is 9.59 Å². The lowest BCUT2D eigenvalue weighted by atomic mass is 9.95. The summed E-state index contributed by atoms with van der Waals surface area (Å²) >= 11 is 0. The second kappa shape index (κ2) is 7.51. The van der Waals surface area contributed by atoms with Crippen molar-refractivity contribution < 1.29 is 9.59 Å². The van der Waals surface area contributed by atoms with Crippen molar-refractivity contribution in [1.82, 2.24) is 10.2 Å². The molecule has 1 saturated heterocycles. The van der Waals surface area contributed by atoms with Gasteiger partial charge in [-0.2, -0.15) is 0 Å². The highest BCUT2D eigenvalue weighted by molar-refractivity contribution is 5.91. The fourth-order valence-electron chi connectivity index (χ4n) is 3.31. The van der Waals surface area contributed by atoms with Gasteiger partial charge in [0.2, 0.25) is 11.8 Å². The fraction of sp³-hybridized carbons (Fsp3) is 0.333. The number of benzene rings is 2. The Labute approximate surface area is 148 Å². The Morgan fingerprint density at radius 3 is 1.84 bits per heavy atom. The summed E-state index contributed by atoms with van der Waals surface area (Å²) in [5.74, 6) is 0.0297. The summed E-state index contributed by atoms with van der Waals surface area (Å²) < 4.78 is 0. The molecule has 130 valence electrons.